The smallest absolute Gasteiger partial charge is 0.133 e. The van der Waals surface area contributed by atoms with Gasteiger partial charge in [-0.1, -0.05) is 127 Å². The third-order valence-electron chi connectivity index (χ3n) is 8.43. The third kappa shape index (κ3) is 3.99. The third-order valence-corrected chi connectivity index (χ3v) is 8.43. The highest BCUT2D eigenvalue weighted by atomic mass is 15.2. The summed E-state index contributed by atoms with van der Waals surface area (Å²) in [6.07, 6.45) is 11.0. The van der Waals surface area contributed by atoms with Crippen molar-refractivity contribution in [1.82, 2.24) is 4.98 Å². The molecule has 0 spiro atoms. The molecule has 6 aromatic rings. The maximum atomic E-state index is 5.05. The molecule has 0 fully saturated rings. The number of benzene rings is 5. The van der Waals surface area contributed by atoms with Crippen molar-refractivity contribution in [1.29, 1.82) is 0 Å². The fourth-order valence-corrected chi connectivity index (χ4v) is 6.53. The molecule has 2 heterocycles. The van der Waals surface area contributed by atoms with Crippen molar-refractivity contribution >= 4 is 22.3 Å². The Labute approximate surface area is 240 Å². The molecular formula is C39H28N2. The lowest BCUT2D eigenvalue weighted by molar-refractivity contribution is 0.738. The van der Waals surface area contributed by atoms with Crippen LogP contribution in [0.3, 0.4) is 0 Å². The minimum Gasteiger partial charge on any atom is -0.318 e. The molecule has 0 N–H and O–H groups in total. The molecule has 41 heavy (non-hydrogen) atoms. The Morgan fingerprint density at radius 2 is 1.27 bits per heavy atom. The van der Waals surface area contributed by atoms with Gasteiger partial charge in [0, 0.05) is 23.2 Å². The molecule has 0 radical (unpaired) electrons. The Bertz CT molecular complexity index is 1930. The Balaban J connectivity index is 1.35. The summed E-state index contributed by atoms with van der Waals surface area (Å²) in [7, 11) is 0. The van der Waals surface area contributed by atoms with E-state index in [1.54, 1.807) is 0 Å². The van der Waals surface area contributed by atoms with Crippen LogP contribution >= 0.6 is 0 Å². The maximum absolute atomic E-state index is 5.05. The highest BCUT2D eigenvalue weighted by Crippen LogP contribution is 2.53. The average molecular weight is 525 g/mol. The molecule has 0 amide bonds. The van der Waals surface area contributed by atoms with Crippen molar-refractivity contribution in [2.75, 3.05) is 4.90 Å². The lowest BCUT2D eigenvalue weighted by Gasteiger charge is -2.29. The maximum Gasteiger partial charge on any atom is 0.133 e. The second-order valence-electron chi connectivity index (χ2n) is 10.8. The first-order valence-electron chi connectivity index (χ1n) is 14.2. The van der Waals surface area contributed by atoms with E-state index in [2.05, 4.69) is 151 Å². The van der Waals surface area contributed by atoms with Gasteiger partial charge in [0.05, 0.1) is 11.7 Å². The Hall–Kier alpha value is -5.21. The van der Waals surface area contributed by atoms with Gasteiger partial charge in [-0.2, -0.15) is 0 Å². The summed E-state index contributed by atoms with van der Waals surface area (Å²) in [5.41, 5.74) is 9.84. The zero-order valence-electron chi connectivity index (χ0n) is 22.6. The van der Waals surface area contributed by atoms with Gasteiger partial charge < -0.3 is 4.90 Å². The number of aromatic nitrogens is 1. The molecule has 2 heteroatoms. The van der Waals surface area contributed by atoms with Crippen LogP contribution in [0.4, 0.5) is 11.5 Å². The summed E-state index contributed by atoms with van der Waals surface area (Å²) < 4.78 is 0. The number of allylic oxidation sites excluding steroid dienone is 2. The first-order valence-corrected chi connectivity index (χ1v) is 14.2. The lowest BCUT2D eigenvalue weighted by Crippen LogP contribution is -2.29. The number of rotatable bonds is 4. The van der Waals surface area contributed by atoms with E-state index in [0.717, 1.165) is 11.4 Å². The van der Waals surface area contributed by atoms with Gasteiger partial charge in [0.2, 0.25) is 0 Å². The molecule has 1 aromatic heterocycles. The van der Waals surface area contributed by atoms with Crippen LogP contribution in [0.25, 0.3) is 44.2 Å². The van der Waals surface area contributed by atoms with Gasteiger partial charge >= 0.3 is 0 Å². The Morgan fingerprint density at radius 3 is 2.07 bits per heavy atom. The highest BCUT2D eigenvalue weighted by Gasteiger charge is 2.40. The van der Waals surface area contributed by atoms with Crippen LogP contribution in [0.2, 0.25) is 0 Å². The minimum absolute atomic E-state index is 0.162. The molecule has 2 atom stereocenters. The van der Waals surface area contributed by atoms with E-state index in [-0.39, 0.29) is 12.0 Å². The first kappa shape index (κ1) is 23.7. The van der Waals surface area contributed by atoms with E-state index in [1.807, 2.05) is 12.3 Å². The van der Waals surface area contributed by atoms with E-state index in [0.29, 0.717) is 0 Å². The van der Waals surface area contributed by atoms with Gasteiger partial charge in [0.25, 0.3) is 0 Å². The summed E-state index contributed by atoms with van der Waals surface area (Å²) >= 11 is 0. The molecule has 2 unspecified atom stereocenters. The predicted octanol–water partition coefficient (Wildman–Crippen LogP) is 9.97. The van der Waals surface area contributed by atoms with Gasteiger partial charge in [0.1, 0.15) is 5.82 Å². The molecular weight excluding hydrogens is 496 g/mol. The predicted molar refractivity (Wildman–Crippen MR) is 171 cm³/mol. The van der Waals surface area contributed by atoms with Crippen molar-refractivity contribution in [3.8, 4) is 33.4 Å². The van der Waals surface area contributed by atoms with Crippen molar-refractivity contribution in [2.24, 2.45) is 0 Å². The largest absolute Gasteiger partial charge is 0.318 e. The van der Waals surface area contributed by atoms with E-state index in [9.17, 15) is 0 Å². The summed E-state index contributed by atoms with van der Waals surface area (Å²) in [6.45, 7) is 0. The number of fused-ring (bicyclic) bond motifs is 4. The van der Waals surface area contributed by atoms with Crippen LogP contribution in [0.15, 0.2) is 158 Å². The standard InChI is InChI=1S/C39H28N2/c1-3-12-27(13-4-1)30-22-23-38(40-26-30)41-37-21-10-9-19-34(37)36-25-31(24-35(39(36)41)29-14-5-2-6-15-29)33-20-11-17-28-16-7-8-18-32(28)33/h1-26,34,37H. The zero-order valence-corrected chi connectivity index (χ0v) is 22.6. The van der Waals surface area contributed by atoms with Crippen molar-refractivity contribution in [3.05, 3.63) is 163 Å². The first-order chi connectivity index (χ1) is 20.3. The topological polar surface area (TPSA) is 16.1 Å². The second-order valence-corrected chi connectivity index (χ2v) is 10.8. The number of anilines is 2. The SMILES string of the molecule is C1=CC2c3cc(-c4cccc5ccccc45)cc(-c4ccccc4)c3N(c3ccc(-c4ccccc4)cn3)C2C=C1. The normalized spacial score (nSPS) is 17.0. The number of hydrogen-bond acceptors (Lipinski definition) is 2. The van der Waals surface area contributed by atoms with E-state index in [1.165, 1.54) is 49.8 Å². The van der Waals surface area contributed by atoms with Gasteiger partial charge in [0.15, 0.2) is 0 Å². The molecule has 0 saturated heterocycles. The molecule has 1 aliphatic heterocycles. The molecule has 0 bridgehead atoms. The van der Waals surface area contributed by atoms with Crippen molar-refractivity contribution < 1.29 is 0 Å². The minimum atomic E-state index is 0.162. The van der Waals surface area contributed by atoms with E-state index >= 15 is 0 Å². The van der Waals surface area contributed by atoms with Crippen LogP contribution < -0.4 is 4.90 Å². The lowest BCUT2D eigenvalue weighted by atomic mass is 9.86. The summed E-state index contributed by atoms with van der Waals surface area (Å²) in [5, 5.41) is 2.53. The van der Waals surface area contributed by atoms with Crippen LogP contribution in [-0.4, -0.2) is 11.0 Å². The monoisotopic (exact) mass is 524 g/mol. The van der Waals surface area contributed by atoms with Crippen LogP contribution in [0, 0.1) is 0 Å². The van der Waals surface area contributed by atoms with Crippen LogP contribution in [0.5, 0.6) is 0 Å². The zero-order chi connectivity index (χ0) is 27.2. The molecule has 2 nitrogen and oxygen atoms in total. The number of hydrogen-bond donors (Lipinski definition) is 0. The fourth-order valence-electron chi connectivity index (χ4n) is 6.53. The Kier molecular flexibility index (Phi) is 5.63. The van der Waals surface area contributed by atoms with Crippen LogP contribution in [0.1, 0.15) is 11.5 Å². The van der Waals surface area contributed by atoms with Gasteiger partial charge in [-0.25, -0.2) is 4.98 Å². The van der Waals surface area contributed by atoms with E-state index < -0.39 is 0 Å². The fraction of sp³-hybridized carbons (Fsp3) is 0.0513. The van der Waals surface area contributed by atoms with E-state index in [4.69, 9.17) is 4.98 Å². The molecule has 2 aliphatic rings. The van der Waals surface area contributed by atoms with Gasteiger partial charge in [-0.15, -0.1) is 0 Å². The van der Waals surface area contributed by atoms with Crippen LogP contribution in [-0.2, 0) is 0 Å². The molecule has 0 saturated carbocycles. The van der Waals surface area contributed by atoms with Gasteiger partial charge in [-0.05, 0) is 62.9 Å². The summed E-state index contributed by atoms with van der Waals surface area (Å²) in [4.78, 5) is 7.50. The summed E-state index contributed by atoms with van der Waals surface area (Å²) in [5.74, 6) is 1.21. The quantitative estimate of drug-likeness (QED) is 0.228. The Morgan fingerprint density at radius 1 is 0.537 bits per heavy atom. The molecule has 5 aromatic carbocycles. The summed E-state index contributed by atoms with van der Waals surface area (Å²) in [6, 6.07) is 45.9. The number of nitrogens with zero attached hydrogens (tertiary/aromatic N) is 2. The van der Waals surface area contributed by atoms with Crippen molar-refractivity contribution in [2.45, 2.75) is 12.0 Å². The highest BCUT2D eigenvalue weighted by molar-refractivity contribution is 6.00. The second kappa shape index (κ2) is 9.76. The molecule has 1 aliphatic carbocycles. The van der Waals surface area contributed by atoms with Gasteiger partial charge in [-0.3, -0.25) is 0 Å². The average Bonchev–Trinajstić information content (AvgIpc) is 3.39. The molecule has 194 valence electrons. The number of pyridine rings is 1. The van der Waals surface area contributed by atoms with Crippen molar-refractivity contribution in [3.63, 3.8) is 0 Å². The molecule has 8 rings (SSSR count).